The van der Waals surface area contributed by atoms with E-state index < -0.39 is 0 Å². The number of hydrogen-bond acceptors (Lipinski definition) is 3. The fraction of sp³-hybridized carbons (Fsp3) is 0.278. The Balaban J connectivity index is 2.21. The molecule has 2 aromatic carbocycles. The smallest absolute Gasteiger partial charge is 0.323 e. The number of anilines is 2. The van der Waals surface area contributed by atoms with Crippen LogP contribution in [0.5, 0.6) is 11.5 Å². The van der Waals surface area contributed by atoms with Crippen LogP contribution < -0.4 is 20.1 Å². The third-order valence-electron chi connectivity index (χ3n) is 3.50. The summed E-state index contributed by atoms with van der Waals surface area (Å²) in [4.78, 5) is 12.4. The van der Waals surface area contributed by atoms with E-state index >= 15 is 0 Å². The molecular weight excluding hydrogens is 292 g/mol. The highest BCUT2D eigenvalue weighted by Gasteiger charge is 2.14. The van der Waals surface area contributed by atoms with E-state index in [0.29, 0.717) is 23.1 Å². The van der Waals surface area contributed by atoms with Crippen LogP contribution in [0.25, 0.3) is 0 Å². The number of carbonyl (C=O) groups excluding carboxylic acids is 1. The Kier molecular flexibility index (Phi) is 5.46. The van der Waals surface area contributed by atoms with E-state index in [1.807, 2.05) is 24.3 Å². The summed E-state index contributed by atoms with van der Waals surface area (Å²) >= 11 is 0. The largest absolute Gasteiger partial charge is 0.494 e. The topological polar surface area (TPSA) is 59.6 Å². The Morgan fingerprint density at radius 2 is 1.52 bits per heavy atom. The summed E-state index contributed by atoms with van der Waals surface area (Å²) in [6, 6.07) is 12.7. The molecule has 2 rings (SSSR count). The highest BCUT2D eigenvalue weighted by atomic mass is 16.5. The van der Waals surface area contributed by atoms with Crippen LogP contribution in [-0.2, 0) is 0 Å². The number of hydrogen-bond donors (Lipinski definition) is 2. The molecule has 23 heavy (non-hydrogen) atoms. The van der Waals surface area contributed by atoms with E-state index in [4.69, 9.17) is 9.47 Å². The van der Waals surface area contributed by atoms with Gasteiger partial charge < -0.3 is 20.1 Å². The average Bonchev–Trinajstić information content (AvgIpc) is 2.55. The van der Waals surface area contributed by atoms with E-state index in [1.165, 1.54) is 0 Å². The maximum absolute atomic E-state index is 12.4. The average molecular weight is 314 g/mol. The van der Waals surface area contributed by atoms with E-state index in [9.17, 15) is 4.79 Å². The highest BCUT2D eigenvalue weighted by Crippen LogP contribution is 2.34. The number of benzene rings is 2. The Bertz CT molecular complexity index is 661. The minimum absolute atomic E-state index is 0.312. The molecule has 2 amide bonds. The van der Waals surface area contributed by atoms with E-state index in [-0.39, 0.29) is 6.03 Å². The minimum atomic E-state index is -0.346. The highest BCUT2D eigenvalue weighted by molar-refractivity contribution is 6.02. The molecular formula is C18H22N2O3. The van der Waals surface area contributed by atoms with Gasteiger partial charge in [-0.1, -0.05) is 38.1 Å². The summed E-state index contributed by atoms with van der Waals surface area (Å²) in [7, 11) is 3.10. The van der Waals surface area contributed by atoms with Crippen molar-refractivity contribution < 1.29 is 14.3 Å². The maximum atomic E-state index is 12.4. The fourth-order valence-electron chi connectivity index (χ4n) is 2.36. The van der Waals surface area contributed by atoms with Crippen LogP contribution in [0.15, 0.2) is 42.5 Å². The number of carbonyl (C=O) groups is 1. The maximum Gasteiger partial charge on any atom is 0.323 e. The van der Waals surface area contributed by atoms with Crippen molar-refractivity contribution in [3.05, 3.63) is 48.0 Å². The number of ether oxygens (including phenoxy) is 2. The quantitative estimate of drug-likeness (QED) is 0.856. The molecule has 0 fully saturated rings. The van der Waals surface area contributed by atoms with Gasteiger partial charge in [-0.25, -0.2) is 4.79 Å². The molecule has 5 heteroatoms. The predicted molar refractivity (Wildman–Crippen MR) is 92.7 cm³/mol. The second-order valence-electron chi connectivity index (χ2n) is 5.36. The lowest BCUT2D eigenvalue weighted by Gasteiger charge is -2.16. The molecule has 122 valence electrons. The molecule has 0 aliphatic heterocycles. The predicted octanol–water partition coefficient (Wildman–Crippen LogP) is 4.47. The number of rotatable bonds is 5. The standard InChI is InChI=1S/C18H22N2O3/c1-12(2)13-8-5-6-9-14(13)19-18(21)20-17-15(22-3)10-7-11-16(17)23-4/h5-12H,1-4H3,(H2,19,20,21). The van der Waals surface area contributed by atoms with Crippen molar-refractivity contribution in [1.82, 2.24) is 0 Å². The summed E-state index contributed by atoms with van der Waals surface area (Å²) in [5, 5.41) is 5.68. The van der Waals surface area contributed by atoms with Gasteiger partial charge >= 0.3 is 6.03 Å². The van der Waals surface area contributed by atoms with Crippen LogP contribution in [0.3, 0.4) is 0 Å². The fourth-order valence-corrected chi connectivity index (χ4v) is 2.36. The second-order valence-corrected chi connectivity index (χ2v) is 5.36. The van der Waals surface area contributed by atoms with Crippen molar-refractivity contribution in [3.63, 3.8) is 0 Å². The minimum Gasteiger partial charge on any atom is -0.494 e. The lowest BCUT2D eigenvalue weighted by molar-refractivity contribution is 0.262. The van der Waals surface area contributed by atoms with Gasteiger partial charge in [0.25, 0.3) is 0 Å². The lowest BCUT2D eigenvalue weighted by Crippen LogP contribution is -2.21. The summed E-state index contributed by atoms with van der Waals surface area (Å²) < 4.78 is 10.6. The lowest BCUT2D eigenvalue weighted by atomic mass is 10.0. The van der Waals surface area contributed by atoms with Crippen LogP contribution in [0, 0.1) is 0 Å². The first kappa shape index (κ1) is 16.7. The van der Waals surface area contributed by atoms with Gasteiger partial charge in [0.1, 0.15) is 17.2 Å². The van der Waals surface area contributed by atoms with Gasteiger partial charge in [-0.05, 0) is 29.7 Å². The molecule has 0 aliphatic rings. The van der Waals surface area contributed by atoms with Gasteiger partial charge in [0.2, 0.25) is 0 Å². The molecule has 0 unspecified atom stereocenters. The van der Waals surface area contributed by atoms with E-state index in [2.05, 4.69) is 24.5 Å². The van der Waals surface area contributed by atoms with Gasteiger partial charge in [0, 0.05) is 5.69 Å². The van der Waals surface area contributed by atoms with Crippen LogP contribution in [0.4, 0.5) is 16.2 Å². The first-order valence-electron chi connectivity index (χ1n) is 7.44. The third-order valence-corrected chi connectivity index (χ3v) is 3.50. The van der Waals surface area contributed by atoms with Gasteiger partial charge in [-0.3, -0.25) is 0 Å². The Morgan fingerprint density at radius 3 is 2.09 bits per heavy atom. The SMILES string of the molecule is COc1cccc(OC)c1NC(=O)Nc1ccccc1C(C)C. The number of methoxy groups -OCH3 is 2. The van der Waals surface area contributed by atoms with Crippen molar-refractivity contribution in [1.29, 1.82) is 0 Å². The Hall–Kier alpha value is -2.69. The Labute approximate surface area is 136 Å². The molecule has 0 bridgehead atoms. The molecule has 0 aliphatic carbocycles. The molecule has 0 saturated heterocycles. The molecule has 0 aromatic heterocycles. The first-order chi connectivity index (χ1) is 11.1. The molecule has 2 aromatic rings. The van der Waals surface area contributed by atoms with Crippen molar-refractivity contribution in [2.75, 3.05) is 24.9 Å². The zero-order valence-corrected chi connectivity index (χ0v) is 13.8. The second kappa shape index (κ2) is 7.54. The summed E-state index contributed by atoms with van der Waals surface area (Å²) in [5.41, 5.74) is 2.36. The van der Waals surface area contributed by atoms with Crippen molar-refractivity contribution in [2.24, 2.45) is 0 Å². The number of urea groups is 1. The monoisotopic (exact) mass is 314 g/mol. The third kappa shape index (κ3) is 3.94. The number of nitrogens with one attached hydrogen (secondary N) is 2. The molecule has 2 N–H and O–H groups in total. The van der Waals surface area contributed by atoms with Gasteiger partial charge in [0.05, 0.1) is 14.2 Å². The zero-order valence-electron chi connectivity index (χ0n) is 13.8. The Morgan fingerprint density at radius 1 is 0.913 bits per heavy atom. The van der Waals surface area contributed by atoms with Crippen molar-refractivity contribution >= 4 is 17.4 Å². The van der Waals surface area contributed by atoms with Gasteiger partial charge in [-0.2, -0.15) is 0 Å². The van der Waals surface area contributed by atoms with E-state index in [1.54, 1.807) is 32.4 Å². The first-order valence-corrected chi connectivity index (χ1v) is 7.44. The van der Waals surface area contributed by atoms with Gasteiger partial charge in [0.15, 0.2) is 0 Å². The zero-order chi connectivity index (χ0) is 16.8. The molecule has 0 heterocycles. The van der Waals surface area contributed by atoms with Gasteiger partial charge in [-0.15, -0.1) is 0 Å². The summed E-state index contributed by atoms with van der Waals surface area (Å²) in [6.07, 6.45) is 0. The molecule has 0 saturated carbocycles. The summed E-state index contributed by atoms with van der Waals surface area (Å²) in [6.45, 7) is 4.17. The van der Waals surface area contributed by atoms with Crippen molar-refractivity contribution in [2.45, 2.75) is 19.8 Å². The van der Waals surface area contributed by atoms with Crippen LogP contribution in [0.1, 0.15) is 25.3 Å². The number of amides is 2. The molecule has 0 radical (unpaired) electrons. The van der Waals surface area contributed by atoms with Crippen molar-refractivity contribution in [3.8, 4) is 11.5 Å². The summed E-state index contributed by atoms with van der Waals surface area (Å²) in [5.74, 6) is 1.39. The van der Waals surface area contributed by atoms with Crippen LogP contribution in [-0.4, -0.2) is 20.3 Å². The normalized spacial score (nSPS) is 10.3. The molecule has 0 atom stereocenters. The molecule has 0 spiro atoms. The van der Waals surface area contributed by atoms with E-state index in [0.717, 1.165) is 11.3 Å². The molecule has 5 nitrogen and oxygen atoms in total. The van der Waals surface area contributed by atoms with Crippen LogP contribution >= 0.6 is 0 Å². The van der Waals surface area contributed by atoms with Crippen LogP contribution in [0.2, 0.25) is 0 Å². The number of para-hydroxylation sites is 2.